The molecule has 0 aliphatic carbocycles. The lowest BCUT2D eigenvalue weighted by molar-refractivity contribution is -0.137. The van der Waals surface area contributed by atoms with Crippen LogP contribution in [0.1, 0.15) is 27.7 Å². The number of carboxylic acid groups (broad SMARTS) is 1. The van der Waals surface area contributed by atoms with Crippen molar-refractivity contribution in [2.24, 2.45) is 11.8 Å². The lowest BCUT2D eigenvalue weighted by Crippen LogP contribution is -2.45. The molecule has 6 nitrogen and oxygen atoms in total. The number of hydrogen-bond donors (Lipinski definition) is 2. The molecular weight excluding hydrogens is 248 g/mol. The van der Waals surface area contributed by atoms with E-state index in [0.29, 0.717) is 32.2 Å². The number of amides is 2. The van der Waals surface area contributed by atoms with Crippen molar-refractivity contribution < 1.29 is 19.4 Å². The molecule has 0 fully saturated rings. The quantitative estimate of drug-likeness (QED) is 0.623. The van der Waals surface area contributed by atoms with E-state index in [0.717, 1.165) is 0 Å². The average Bonchev–Trinajstić information content (AvgIpc) is 2.25. The van der Waals surface area contributed by atoms with Crippen LogP contribution in [0.5, 0.6) is 0 Å². The third-order valence-electron chi connectivity index (χ3n) is 2.17. The van der Waals surface area contributed by atoms with Crippen LogP contribution in [0.15, 0.2) is 0 Å². The summed E-state index contributed by atoms with van der Waals surface area (Å²) in [4.78, 5) is 23.8. The second kappa shape index (κ2) is 9.61. The molecule has 0 aromatic rings. The molecule has 2 N–H and O–H groups in total. The number of aliphatic carboxylic acids is 1. The van der Waals surface area contributed by atoms with Crippen LogP contribution >= 0.6 is 0 Å². The van der Waals surface area contributed by atoms with Gasteiger partial charge >= 0.3 is 12.0 Å². The van der Waals surface area contributed by atoms with Crippen molar-refractivity contribution in [3.05, 3.63) is 0 Å². The molecule has 0 aliphatic rings. The van der Waals surface area contributed by atoms with Crippen molar-refractivity contribution >= 4 is 12.0 Å². The Bertz CT molecular complexity index is 280. The molecule has 0 heterocycles. The van der Waals surface area contributed by atoms with Gasteiger partial charge in [-0.1, -0.05) is 27.7 Å². The minimum absolute atomic E-state index is 0.224. The molecule has 0 saturated carbocycles. The molecule has 0 saturated heterocycles. The molecule has 0 rings (SSSR count). The van der Waals surface area contributed by atoms with Gasteiger partial charge in [-0.2, -0.15) is 0 Å². The molecule has 0 unspecified atom stereocenters. The first-order valence-electron chi connectivity index (χ1n) is 6.65. The molecule has 0 aromatic heterocycles. The van der Waals surface area contributed by atoms with Gasteiger partial charge in [0.15, 0.2) is 0 Å². The Morgan fingerprint density at radius 2 is 1.84 bits per heavy atom. The summed E-state index contributed by atoms with van der Waals surface area (Å²) in [6, 6.07) is -0.357. The molecule has 0 spiro atoms. The number of nitrogens with zero attached hydrogens (tertiary/aromatic N) is 1. The van der Waals surface area contributed by atoms with Crippen LogP contribution in [0.2, 0.25) is 0 Å². The zero-order valence-electron chi connectivity index (χ0n) is 12.3. The van der Waals surface area contributed by atoms with Crippen molar-refractivity contribution in [3.63, 3.8) is 0 Å². The Morgan fingerprint density at radius 3 is 2.32 bits per heavy atom. The fraction of sp³-hybridized carbons (Fsp3) is 0.846. The fourth-order valence-electron chi connectivity index (χ4n) is 1.48. The van der Waals surface area contributed by atoms with Gasteiger partial charge in [0.1, 0.15) is 6.54 Å². The summed E-state index contributed by atoms with van der Waals surface area (Å²) in [7, 11) is 0. The van der Waals surface area contributed by atoms with E-state index in [2.05, 4.69) is 19.2 Å². The molecule has 2 amide bonds. The summed E-state index contributed by atoms with van der Waals surface area (Å²) in [6.45, 7) is 9.60. The molecule has 0 aliphatic heterocycles. The van der Waals surface area contributed by atoms with Crippen molar-refractivity contribution in [1.82, 2.24) is 10.2 Å². The predicted octanol–water partition coefficient (Wildman–Crippen LogP) is 1.41. The molecule has 0 radical (unpaired) electrons. The largest absolute Gasteiger partial charge is 0.480 e. The topological polar surface area (TPSA) is 78.9 Å². The monoisotopic (exact) mass is 274 g/mol. The Morgan fingerprint density at radius 1 is 1.21 bits per heavy atom. The van der Waals surface area contributed by atoms with Crippen LogP contribution in [-0.2, 0) is 9.53 Å². The number of ether oxygens (including phenoxy) is 1. The van der Waals surface area contributed by atoms with Crippen molar-refractivity contribution in [1.29, 1.82) is 0 Å². The van der Waals surface area contributed by atoms with E-state index in [1.807, 2.05) is 13.8 Å². The smallest absolute Gasteiger partial charge is 0.323 e. The van der Waals surface area contributed by atoms with Gasteiger partial charge in [-0.3, -0.25) is 4.79 Å². The molecule has 112 valence electrons. The summed E-state index contributed by atoms with van der Waals surface area (Å²) >= 11 is 0. The maximum Gasteiger partial charge on any atom is 0.323 e. The summed E-state index contributed by atoms with van der Waals surface area (Å²) < 4.78 is 5.34. The summed E-state index contributed by atoms with van der Waals surface area (Å²) in [5, 5.41) is 11.4. The van der Waals surface area contributed by atoms with Gasteiger partial charge in [-0.25, -0.2) is 4.79 Å². The minimum atomic E-state index is -1.01. The Balaban J connectivity index is 3.99. The van der Waals surface area contributed by atoms with Gasteiger partial charge in [0.25, 0.3) is 0 Å². The number of carbonyl (C=O) groups is 2. The fourth-order valence-corrected chi connectivity index (χ4v) is 1.48. The SMILES string of the molecule is CC(C)COCCNC(=O)N(CC(=O)O)CC(C)C. The third-order valence-corrected chi connectivity index (χ3v) is 2.17. The summed E-state index contributed by atoms with van der Waals surface area (Å²) in [6.07, 6.45) is 0. The van der Waals surface area contributed by atoms with Crippen LogP contribution < -0.4 is 5.32 Å². The minimum Gasteiger partial charge on any atom is -0.480 e. The van der Waals surface area contributed by atoms with Gasteiger partial charge in [0.05, 0.1) is 6.61 Å². The van der Waals surface area contributed by atoms with E-state index in [1.165, 1.54) is 4.90 Å². The van der Waals surface area contributed by atoms with Gasteiger partial charge in [0, 0.05) is 19.7 Å². The lowest BCUT2D eigenvalue weighted by Gasteiger charge is -2.23. The highest BCUT2D eigenvalue weighted by Crippen LogP contribution is 1.99. The average molecular weight is 274 g/mol. The normalized spacial score (nSPS) is 10.8. The van der Waals surface area contributed by atoms with E-state index in [9.17, 15) is 9.59 Å². The Hall–Kier alpha value is -1.30. The Kier molecular flexibility index (Phi) is 8.95. The molecular formula is C13H26N2O4. The van der Waals surface area contributed by atoms with Gasteiger partial charge in [-0.05, 0) is 11.8 Å². The Labute approximate surface area is 115 Å². The van der Waals surface area contributed by atoms with E-state index < -0.39 is 5.97 Å². The zero-order valence-corrected chi connectivity index (χ0v) is 12.3. The van der Waals surface area contributed by atoms with Gasteiger partial charge in [-0.15, -0.1) is 0 Å². The highest BCUT2D eigenvalue weighted by Gasteiger charge is 2.17. The summed E-state index contributed by atoms with van der Waals surface area (Å²) in [5.74, 6) is -0.325. The first kappa shape index (κ1) is 17.7. The third kappa shape index (κ3) is 10.3. The second-order valence-corrected chi connectivity index (χ2v) is 5.37. The zero-order chi connectivity index (χ0) is 14.8. The lowest BCUT2D eigenvalue weighted by atomic mass is 10.2. The number of nitrogens with one attached hydrogen (secondary N) is 1. The van der Waals surface area contributed by atoms with Crippen molar-refractivity contribution in [2.75, 3.05) is 32.8 Å². The number of carboxylic acids is 1. The van der Waals surface area contributed by atoms with E-state index in [4.69, 9.17) is 9.84 Å². The highest BCUT2D eigenvalue weighted by molar-refractivity contribution is 5.80. The number of carbonyl (C=O) groups excluding carboxylic acids is 1. The molecule has 0 aromatic carbocycles. The van der Waals surface area contributed by atoms with E-state index in [-0.39, 0.29) is 18.5 Å². The van der Waals surface area contributed by atoms with Crippen LogP contribution in [-0.4, -0.2) is 54.9 Å². The first-order valence-corrected chi connectivity index (χ1v) is 6.65. The molecule has 0 bridgehead atoms. The number of hydrogen-bond acceptors (Lipinski definition) is 3. The van der Waals surface area contributed by atoms with Crippen molar-refractivity contribution in [3.8, 4) is 0 Å². The second-order valence-electron chi connectivity index (χ2n) is 5.37. The summed E-state index contributed by atoms with van der Waals surface area (Å²) in [5.41, 5.74) is 0. The van der Waals surface area contributed by atoms with Crippen LogP contribution in [0.3, 0.4) is 0 Å². The molecule has 6 heteroatoms. The van der Waals surface area contributed by atoms with Gasteiger partial charge in [0.2, 0.25) is 0 Å². The number of rotatable bonds is 9. The molecule has 19 heavy (non-hydrogen) atoms. The standard InChI is InChI=1S/C13H26N2O4/c1-10(2)7-15(8-12(16)17)13(18)14-5-6-19-9-11(3)4/h10-11H,5-9H2,1-4H3,(H,14,18)(H,16,17). The van der Waals surface area contributed by atoms with E-state index in [1.54, 1.807) is 0 Å². The first-order chi connectivity index (χ1) is 8.82. The maximum atomic E-state index is 11.8. The van der Waals surface area contributed by atoms with Gasteiger partial charge < -0.3 is 20.1 Å². The maximum absolute atomic E-state index is 11.8. The van der Waals surface area contributed by atoms with E-state index >= 15 is 0 Å². The highest BCUT2D eigenvalue weighted by atomic mass is 16.5. The molecule has 0 atom stereocenters. The predicted molar refractivity (Wildman–Crippen MR) is 73.1 cm³/mol. The van der Waals surface area contributed by atoms with Crippen LogP contribution in [0.25, 0.3) is 0 Å². The number of urea groups is 1. The van der Waals surface area contributed by atoms with Crippen molar-refractivity contribution in [2.45, 2.75) is 27.7 Å². The van der Waals surface area contributed by atoms with Crippen LogP contribution in [0, 0.1) is 11.8 Å². The van der Waals surface area contributed by atoms with Crippen LogP contribution in [0.4, 0.5) is 4.79 Å².